The molecule has 0 saturated heterocycles. The predicted octanol–water partition coefficient (Wildman–Crippen LogP) is 2.39. The highest BCUT2D eigenvalue weighted by molar-refractivity contribution is 6.22. The molecule has 0 spiro atoms. The standard InChI is InChI=1S/C19H24O7/c1-5-24-18(22)15(16(20)19(25-6-2)26-7-3)12-13-10-8-9-11-14(13)17(21)23-4/h8-12,19H,5-7H2,1-4H3/b15-12+. The SMILES string of the molecule is CCOC(=O)/C(=C/c1ccccc1C(=O)OC)C(=O)C(OCC)OCC. The van der Waals surface area contributed by atoms with Gasteiger partial charge in [-0.2, -0.15) is 0 Å². The number of hydrogen-bond acceptors (Lipinski definition) is 7. The predicted molar refractivity (Wildman–Crippen MR) is 94.4 cm³/mol. The van der Waals surface area contributed by atoms with Gasteiger partial charge in [-0.1, -0.05) is 18.2 Å². The van der Waals surface area contributed by atoms with E-state index >= 15 is 0 Å². The Hall–Kier alpha value is -2.51. The monoisotopic (exact) mass is 364 g/mol. The van der Waals surface area contributed by atoms with Gasteiger partial charge in [-0.25, -0.2) is 9.59 Å². The van der Waals surface area contributed by atoms with E-state index < -0.39 is 24.0 Å². The number of hydrogen-bond donors (Lipinski definition) is 0. The quantitative estimate of drug-likeness (QED) is 0.207. The van der Waals surface area contributed by atoms with Crippen molar-refractivity contribution >= 4 is 23.8 Å². The first-order chi connectivity index (χ1) is 12.5. The molecular weight excluding hydrogens is 340 g/mol. The van der Waals surface area contributed by atoms with Crippen molar-refractivity contribution in [2.75, 3.05) is 26.9 Å². The zero-order valence-corrected chi connectivity index (χ0v) is 15.4. The number of rotatable bonds is 10. The number of methoxy groups -OCH3 is 1. The van der Waals surface area contributed by atoms with E-state index in [9.17, 15) is 14.4 Å². The van der Waals surface area contributed by atoms with Crippen LogP contribution in [0.1, 0.15) is 36.7 Å². The molecule has 1 rings (SSSR count). The fraction of sp³-hybridized carbons (Fsp3) is 0.421. The van der Waals surface area contributed by atoms with Crippen molar-refractivity contribution in [2.45, 2.75) is 27.1 Å². The summed E-state index contributed by atoms with van der Waals surface area (Å²) in [5.74, 6) is -2.08. The van der Waals surface area contributed by atoms with E-state index in [1.54, 1.807) is 39.0 Å². The molecule has 0 aliphatic rings. The van der Waals surface area contributed by atoms with Crippen LogP contribution in [0.25, 0.3) is 6.08 Å². The molecule has 0 aliphatic heterocycles. The maximum absolute atomic E-state index is 12.8. The van der Waals surface area contributed by atoms with Gasteiger partial charge in [0.15, 0.2) is 0 Å². The Balaban J connectivity index is 3.38. The fourth-order valence-electron chi connectivity index (χ4n) is 2.14. The smallest absolute Gasteiger partial charge is 0.341 e. The van der Waals surface area contributed by atoms with Crippen LogP contribution in [0.15, 0.2) is 29.8 Å². The molecule has 0 aliphatic carbocycles. The average Bonchev–Trinajstić information content (AvgIpc) is 2.65. The lowest BCUT2D eigenvalue weighted by Crippen LogP contribution is -2.32. The fourth-order valence-corrected chi connectivity index (χ4v) is 2.14. The first-order valence-corrected chi connectivity index (χ1v) is 8.33. The number of carbonyl (C=O) groups is 3. The van der Waals surface area contributed by atoms with Gasteiger partial charge in [-0.15, -0.1) is 0 Å². The zero-order valence-electron chi connectivity index (χ0n) is 15.4. The number of carbonyl (C=O) groups excluding carboxylic acids is 3. The Morgan fingerprint density at radius 3 is 2.15 bits per heavy atom. The van der Waals surface area contributed by atoms with Crippen molar-refractivity contribution in [3.63, 3.8) is 0 Å². The van der Waals surface area contributed by atoms with Crippen molar-refractivity contribution in [3.05, 3.63) is 41.0 Å². The topological polar surface area (TPSA) is 88.1 Å². The molecule has 0 aromatic heterocycles. The minimum absolute atomic E-state index is 0.0933. The lowest BCUT2D eigenvalue weighted by atomic mass is 10.0. The van der Waals surface area contributed by atoms with Crippen molar-refractivity contribution in [1.29, 1.82) is 0 Å². The summed E-state index contributed by atoms with van der Waals surface area (Å²) in [5.41, 5.74) is 0.298. The van der Waals surface area contributed by atoms with E-state index in [1.807, 2.05) is 0 Å². The lowest BCUT2D eigenvalue weighted by molar-refractivity contribution is -0.165. The Bertz CT molecular complexity index is 658. The number of benzene rings is 1. The molecule has 0 bridgehead atoms. The Labute approximate surface area is 152 Å². The molecule has 26 heavy (non-hydrogen) atoms. The summed E-state index contributed by atoms with van der Waals surface area (Å²) in [7, 11) is 1.25. The highest BCUT2D eigenvalue weighted by Crippen LogP contribution is 2.18. The van der Waals surface area contributed by atoms with E-state index in [-0.39, 0.29) is 31.0 Å². The molecule has 0 radical (unpaired) electrons. The van der Waals surface area contributed by atoms with E-state index in [1.165, 1.54) is 19.3 Å². The molecule has 1 aromatic rings. The molecule has 7 nitrogen and oxygen atoms in total. The third-order valence-corrected chi connectivity index (χ3v) is 3.28. The van der Waals surface area contributed by atoms with Crippen LogP contribution >= 0.6 is 0 Å². The normalized spacial score (nSPS) is 11.3. The summed E-state index contributed by atoms with van der Waals surface area (Å²) in [6.45, 7) is 5.59. The van der Waals surface area contributed by atoms with Crippen LogP contribution in [-0.4, -0.2) is 50.9 Å². The summed E-state index contributed by atoms with van der Waals surface area (Å²) in [6, 6.07) is 6.45. The average molecular weight is 364 g/mol. The summed E-state index contributed by atoms with van der Waals surface area (Å²) in [5, 5.41) is 0. The van der Waals surface area contributed by atoms with Gasteiger partial charge < -0.3 is 18.9 Å². The van der Waals surface area contributed by atoms with Crippen molar-refractivity contribution in [3.8, 4) is 0 Å². The Morgan fingerprint density at radius 1 is 1.00 bits per heavy atom. The van der Waals surface area contributed by atoms with E-state index in [2.05, 4.69) is 0 Å². The molecule has 0 fully saturated rings. The molecule has 0 amide bonds. The highest BCUT2D eigenvalue weighted by atomic mass is 16.7. The van der Waals surface area contributed by atoms with E-state index in [0.717, 1.165) is 0 Å². The van der Waals surface area contributed by atoms with Crippen LogP contribution in [0, 0.1) is 0 Å². The van der Waals surface area contributed by atoms with Gasteiger partial charge >= 0.3 is 11.9 Å². The van der Waals surface area contributed by atoms with Crippen molar-refractivity contribution in [2.24, 2.45) is 0 Å². The Morgan fingerprint density at radius 2 is 1.62 bits per heavy atom. The van der Waals surface area contributed by atoms with E-state index in [0.29, 0.717) is 5.56 Å². The van der Waals surface area contributed by atoms with Gasteiger partial charge in [0.1, 0.15) is 5.57 Å². The molecule has 0 unspecified atom stereocenters. The van der Waals surface area contributed by atoms with Crippen molar-refractivity contribution in [1.82, 2.24) is 0 Å². The first-order valence-electron chi connectivity index (χ1n) is 8.33. The van der Waals surface area contributed by atoms with Gasteiger partial charge in [0.2, 0.25) is 12.1 Å². The van der Waals surface area contributed by atoms with Gasteiger partial charge in [0.25, 0.3) is 0 Å². The minimum atomic E-state index is -1.23. The third kappa shape index (κ3) is 5.79. The van der Waals surface area contributed by atoms with Gasteiger partial charge in [-0.05, 0) is 38.5 Å². The van der Waals surface area contributed by atoms with E-state index in [4.69, 9.17) is 18.9 Å². The van der Waals surface area contributed by atoms with Gasteiger partial charge in [0.05, 0.1) is 19.3 Å². The summed E-state index contributed by atoms with van der Waals surface area (Å²) in [4.78, 5) is 37.0. The Kier molecular flexibility index (Phi) is 9.25. The summed E-state index contributed by atoms with van der Waals surface area (Å²) >= 11 is 0. The highest BCUT2D eigenvalue weighted by Gasteiger charge is 2.29. The van der Waals surface area contributed by atoms with Crippen LogP contribution in [0.4, 0.5) is 0 Å². The molecule has 0 heterocycles. The zero-order chi connectivity index (χ0) is 19.5. The molecule has 0 saturated carbocycles. The molecule has 0 atom stereocenters. The van der Waals surface area contributed by atoms with Crippen LogP contribution in [0.2, 0.25) is 0 Å². The number of ether oxygens (including phenoxy) is 4. The molecule has 1 aromatic carbocycles. The second kappa shape index (κ2) is 11.2. The van der Waals surface area contributed by atoms with Crippen LogP contribution in [0.3, 0.4) is 0 Å². The minimum Gasteiger partial charge on any atom is -0.465 e. The van der Waals surface area contributed by atoms with Crippen LogP contribution in [0.5, 0.6) is 0 Å². The maximum Gasteiger partial charge on any atom is 0.341 e. The third-order valence-electron chi connectivity index (χ3n) is 3.28. The van der Waals surface area contributed by atoms with Crippen LogP contribution in [-0.2, 0) is 28.5 Å². The molecular formula is C19H24O7. The number of Topliss-reactive ketones (excluding diaryl/α,β-unsaturated/α-hetero) is 1. The van der Waals surface area contributed by atoms with Gasteiger partial charge in [-0.3, -0.25) is 4.79 Å². The van der Waals surface area contributed by atoms with Crippen molar-refractivity contribution < 1.29 is 33.3 Å². The lowest BCUT2D eigenvalue weighted by Gasteiger charge is -2.17. The van der Waals surface area contributed by atoms with Crippen LogP contribution < -0.4 is 0 Å². The van der Waals surface area contributed by atoms with Gasteiger partial charge in [0, 0.05) is 13.2 Å². The summed E-state index contributed by atoms with van der Waals surface area (Å²) in [6.07, 6.45) is 0.0587. The first kappa shape index (κ1) is 21.5. The molecule has 0 N–H and O–H groups in total. The second-order valence-corrected chi connectivity index (χ2v) is 4.96. The molecule has 142 valence electrons. The number of ketones is 1. The largest absolute Gasteiger partial charge is 0.465 e. The second-order valence-electron chi connectivity index (χ2n) is 4.96. The molecule has 7 heteroatoms. The maximum atomic E-state index is 12.8. The number of esters is 2. The summed E-state index contributed by atoms with van der Waals surface area (Å²) < 4.78 is 20.3.